The van der Waals surface area contributed by atoms with E-state index < -0.39 is 11.0 Å². The van der Waals surface area contributed by atoms with Crippen LogP contribution in [0.4, 0.5) is 16.3 Å². The number of carbonyl (C=O) groups excluding carboxylic acids is 2. The number of likely N-dealkylation sites (tertiary alicyclic amines) is 1. The van der Waals surface area contributed by atoms with Gasteiger partial charge in [0.25, 0.3) is 0 Å². The summed E-state index contributed by atoms with van der Waals surface area (Å²) in [6, 6.07) is 4.31. The van der Waals surface area contributed by atoms with Crippen molar-refractivity contribution >= 4 is 23.6 Å². The minimum atomic E-state index is -0.567. The van der Waals surface area contributed by atoms with Crippen molar-refractivity contribution in [2.45, 2.75) is 119 Å². The molecule has 8 heteroatoms. The number of aryl methyl sites for hydroxylation is 1. The van der Waals surface area contributed by atoms with Crippen molar-refractivity contribution in [3.05, 3.63) is 17.8 Å². The zero-order valence-electron chi connectivity index (χ0n) is 29.3. The standard InChI is InChI=1S/C36H62N4O4/c1-10-12-14-26(3)27(4)28(5)30-17-22-40(25-30)32-16-15-31(29(6)38-32)37-21-13-18-36(33(41)43-11-2)19-23-39(24-20-36)34(42)44-35(7,8)9/h15-16,26-28,30,37H,10-14,17-25H2,1-9H3. The highest BCUT2D eigenvalue weighted by atomic mass is 16.6. The summed E-state index contributed by atoms with van der Waals surface area (Å²) in [6.45, 7) is 23.4. The number of nitrogens with one attached hydrogen (secondary N) is 1. The molecule has 2 fully saturated rings. The van der Waals surface area contributed by atoms with E-state index in [0.29, 0.717) is 39.0 Å². The second kappa shape index (κ2) is 16.2. The number of unbranched alkanes of at least 4 members (excludes halogenated alkanes) is 1. The summed E-state index contributed by atoms with van der Waals surface area (Å²) >= 11 is 0. The number of amides is 1. The molecule has 1 amide bonds. The number of esters is 1. The molecule has 0 radical (unpaired) electrons. The zero-order chi connectivity index (χ0) is 32.5. The number of hydrogen-bond donors (Lipinski definition) is 1. The lowest BCUT2D eigenvalue weighted by molar-refractivity contribution is -0.159. The van der Waals surface area contributed by atoms with Crippen LogP contribution in [0.5, 0.6) is 0 Å². The van der Waals surface area contributed by atoms with Crippen LogP contribution in [0.25, 0.3) is 0 Å². The Kier molecular flexibility index (Phi) is 13.2. The first-order valence-electron chi connectivity index (χ1n) is 17.4. The summed E-state index contributed by atoms with van der Waals surface area (Å²) < 4.78 is 11.1. The minimum absolute atomic E-state index is 0.144. The summed E-state index contributed by atoms with van der Waals surface area (Å²) in [4.78, 5) is 34.8. The third-order valence-electron chi connectivity index (χ3n) is 10.3. The topological polar surface area (TPSA) is 84.0 Å². The van der Waals surface area contributed by atoms with Crippen LogP contribution in [0.3, 0.4) is 0 Å². The van der Waals surface area contributed by atoms with Crippen molar-refractivity contribution in [3.63, 3.8) is 0 Å². The Morgan fingerprint density at radius 2 is 1.80 bits per heavy atom. The molecule has 0 aliphatic carbocycles. The monoisotopic (exact) mass is 614 g/mol. The lowest BCUT2D eigenvalue weighted by atomic mass is 9.74. The van der Waals surface area contributed by atoms with Gasteiger partial charge in [0.15, 0.2) is 0 Å². The molecule has 2 aliphatic heterocycles. The van der Waals surface area contributed by atoms with Gasteiger partial charge in [-0.3, -0.25) is 4.79 Å². The maximum Gasteiger partial charge on any atom is 0.410 e. The van der Waals surface area contributed by atoms with Crippen molar-refractivity contribution in [3.8, 4) is 0 Å². The normalized spacial score (nSPS) is 20.6. The molecule has 4 unspecified atom stereocenters. The number of hydrogen-bond acceptors (Lipinski definition) is 7. The molecular formula is C36H62N4O4. The summed E-state index contributed by atoms with van der Waals surface area (Å²) in [6.07, 6.45) is 7.60. The fourth-order valence-corrected chi connectivity index (χ4v) is 7.01. The average molecular weight is 615 g/mol. The van der Waals surface area contributed by atoms with Crippen LogP contribution in [0.2, 0.25) is 0 Å². The molecule has 4 atom stereocenters. The van der Waals surface area contributed by atoms with Crippen LogP contribution in [-0.2, 0) is 14.3 Å². The van der Waals surface area contributed by atoms with Gasteiger partial charge in [-0.1, -0.05) is 47.0 Å². The summed E-state index contributed by atoms with van der Waals surface area (Å²) in [5.41, 5.74) is 0.944. The second-order valence-electron chi connectivity index (χ2n) is 14.6. The number of pyridine rings is 1. The Morgan fingerprint density at radius 1 is 1.09 bits per heavy atom. The number of aromatic nitrogens is 1. The second-order valence-corrected chi connectivity index (χ2v) is 14.6. The van der Waals surface area contributed by atoms with Gasteiger partial charge in [-0.15, -0.1) is 0 Å². The van der Waals surface area contributed by atoms with E-state index in [9.17, 15) is 9.59 Å². The highest BCUT2D eigenvalue weighted by Gasteiger charge is 2.43. The Balaban J connectivity index is 1.51. The van der Waals surface area contributed by atoms with Gasteiger partial charge < -0.3 is 24.6 Å². The van der Waals surface area contributed by atoms with E-state index in [2.05, 4.69) is 57.0 Å². The fourth-order valence-electron chi connectivity index (χ4n) is 7.01. The Labute approximate surface area is 268 Å². The lowest BCUT2D eigenvalue weighted by Gasteiger charge is -2.40. The van der Waals surface area contributed by atoms with E-state index in [1.807, 2.05) is 27.7 Å². The van der Waals surface area contributed by atoms with E-state index in [1.54, 1.807) is 4.90 Å². The molecule has 2 aliphatic rings. The van der Waals surface area contributed by atoms with Crippen LogP contribution < -0.4 is 10.2 Å². The highest BCUT2D eigenvalue weighted by Crippen LogP contribution is 2.39. The molecule has 1 aromatic rings. The molecule has 3 heterocycles. The minimum Gasteiger partial charge on any atom is -0.466 e. The van der Waals surface area contributed by atoms with Crippen LogP contribution in [-0.4, -0.2) is 66.9 Å². The predicted molar refractivity (Wildman–Crippen MR) is 180 cm³/mol. The van der Waals surface area contributed by atoms with Crippen molar-refractivity contribution in [1.29, 1.82) is 0 Å². The van der Waals surface area contributed by atoms with Gasteiger partial charge in [0.05, 0.1) is 23.4 Å². The van der Waals surface area contributed by atoms with Gasteiger partial charge in [-0.05, 0) is 103 Å². The molecule has 44 heavy (non-hydrogen) atoms. The highest BCUT2D eigenvalue weighted by molar-refractivity contribution is 5.77. The van der Waals surface area contributed by atoms with E-state index in [1.165, 1.54) is 25.7 Å². The SMILES string of the molecule is CCCCC(C)C(C)C(C)C1CCN(c2ccc(NCCCC3(C(=O)OCC)CCN(C(=O)OC(C)(C)C)CC3)c(C)n2)C1. The molecule has 0 aromatic carbocycles. The molecular weight excluding hydrogens is 552 g/mol. The van der Waals surface area contributed by atoms with Gasteiger partial charge >= 0.3 is 12.1 Å². The number of anilines is 2. The Hall–Kier alpha value is -2.51. The number of carbonyl (C=O) groups is 2. The maximum absolute atomic E-state index is 13.1. The number of piperidine rings is 1. The molecule has 2 saturated heterocycles. The predicted octanol–water partition coefficient (Wildman–Crippen LogP) is 8.09. The van der Waals surface area contributed by atoms with Crippen LogP contribution >= 0.6 is 0 Å². The van der Waals surface area contributed by atoms with Crippen molar-refractivity contribution in [2.24, 2.45) is 29.1 Å². The smallest absolute Gasteiger partial charge is 0.410 e. The average Bonchev–Trinajstić information content (AvgIpc) is 3.48. The fraction of sp³-hybridized carbons (Fsp3) is 0.806. The first kappa shape index (κ1) is 36.0. The van der Waals surface area contributed by atoms with Crippen molar-refractivity contribution in [2.75, 3.05) is 49.5 Å². The van der Waals surface area contributed by atoms with Gasteiger partial charge in [0.2, 0.25) is 0 Å². The molecule has 1 aromatic heterocycles. The first-order valence-corrected chi connectivity index (χ1v) is 17.4. The number of rotatable bonds is 14. The molecule has 0 spiro atoms. The van der Waals surface area contributed by atoms with Gasteiger partial charge in [0, 0.05) is 32.7 Å². The summed E-state index contributed by atoms with van der Waals surface area (Å²) in [7, 11) is 0. The third-order valence-corrected chi connectivity index (χ3v) is 10.3. The Bertz CT molecular complexity index is 1060. The van der Waals surface area contributed by atoms with Gasteiger partial charge in [-0.2, -0.15) is 0 Å². The van der Waals surface area contributed by atoms with Crippen molar-refractivity contribution in [1.82, 2.24) is 9.88 Å². The lowest BCUT2D eigenvalue weighted by Crippen LogP contribution is -2.48. The van der Waals surface area contributed by atoms with Crippen LogP contribution in [0.15, 0.2) is 12.1 Å². The summed E-state index contributed by atoms with van der Waals surface area (Å²) in [5.74, 6) is 3.89. The number of nitrogens with zero attached hydrogens (tertiary/aromatic N) is 3. The maximum atomic E-state index is 13.1. The molecule has 250 valence electrons. The molecule has 1 N–H and O–H groups in total. The largest absolute Gasteiger partial charge is 0.466 e. The van der Waals surface area contributed by atoms with E-state index in [0.717, 1.165) is 66.9 Å². The molecule has 0 saturated carbocycles. The number of ether oxygens (including phenoxy) is 2. The van der Waals surface area contributed by atoms with Crippen molar-refractivity contribution < 1.29 is 19.1 Å². The third kappa shape index (κ3) is 9.74. The van der Waals surface area contributed by atoms with Gasteiger partial charge in [0.1, 0.15) is 11.4 Å². The Morgan fingerprint density at radius 3 is 2.41 bits per heavy atom. The molecule has 0 bridgehead atoms. The van der Waals surface area contributed by atoms with E-state index >= 15 is 0 Å². The van der Waals surface area contributed by atoms with E-state index in [-0.39, 0.29) is 12.1 Å². The van der Waals surface area contributed by atoms with Gasteiger partial charge in [-0.25, -0.2) is 9.78 Å². The summed E-state index contributed by atoms with van der Waals surface area (Å²) in [5, 5.41) is 3.56. The quantitative estimate of drug-likeness (QED) is 0.167. The van der Waals surface area contributed by atoms with E-state index in [4.69, 9.17) is 14.5 Å². The first-order chi connectivity index (χ1) is 20.8. The molecule has 8 nitrogen and oxygen atoms in total. The molecule has 3 rings (SSSR count). The zero-order valence-corrected chi connectivity index (χ0v) is 29.3. The van der Waals surface area contributed by atoms with Crippen LogP contribution in [0.1, 0.15) is 112 Å². The van der Waals surface area contributed by atoms with Crippen LogP contribution in [0, 0.1) is 36.0 Å².